The maximum Gasteiger partial charge on any atom is 0.329 e. The van der Waals surface area contributed by atoms with E-state index in [1.54, 1.807) is 18.2 Å². The number of aliphatic imine (C=N–C) groups is 1. The van der Waals surface area contributed by atoms with Gasteiger partial charge in [0.1, 0.15) is 17.2 Å². The summed E-state index contributed by atoms with van der Waals surface area (Å²) in [4.78, 5) is 28.8. The average molecular weight is 347 g/mol. The Hall–Kier alpha value is -2.57. The van der Waals surface area contributed by atoms with Crippen LogP contribution in [0.15, 0.2) is 23.2 Å². The number of nitrogens with zero attached hydrogens (tertiary/aromatic N) is 1. The summed E-state index contributed by atoms with van der Waals surface area (Å²) < 4.78 is 21.3. The van der Waals surface area contributed by atoms with Gasteiger partial charge in [-0.2, -0.15) is 0 Å². The van der Waals surface area contributed by atoms with E-state index < -0.39 is 23.6 Å². The van der Waals surface area contributed by atoms with Crippen LogP contribution in [-0.4, -0.2) is 38.2 Å². The number of carbonyl (C=O) groups is 2. The Labute approximate surface area is 145 Å². The third-order valence-corrected chi connectivity index (χ3v) is 4.45. The molecule has 7 heteroatoms. The Morgan fingerprint density at radius 2 is 1.76 bits per heavy atom. The molecule has 0 N–H and O–H groups in total. The predicted molar refractivity (Wildman–Crippen MR) is 89.2 cm³/mol. The fourth-order valence-corrected chi connectivity index (χ4v) is 3.08. The van der Waals surface area contributed by atoms with Gasteiger partial charge in [0.25, 0.3) is 5.79 Å². The standard InChI is InChI=1S/C18H21NO6/c1-22-12-6-7-15(23-2)14(10-12)19-11-13-16(20)24-18(25-17(13)21)8-4-3-5-9-18/h6-7,10-11,13H,3-5,8-9H2,1-2H3. The second-order valence-corrected chi connectivity index (χ2v) is 6.11. The van der Waals surface area contributed by atoms with E-state index in [2.05, 4.69) is 4.99 Å². The molecule has 1 heterocycles. The predicted octanol–water partition coefficient (Wildman–Crippen LogP) is 2.78. The largest absolute Gasteiger partial charge is 0.497 e. The van der Waals surface area contributed by atoms with E-state index >= 15 is 0 Å². The number of hydrogen-bond acceptors (Lipinski definition) is 7. The summed E-state index contributed by atoms with van der Waals surface area (Å²) in [7, 11) is 3.05. The van der Waals surface area contributed by atoms with E-state index in [0.29, 0.717) is 30.0 Å². The number of hydrogen-bond donors (Lipinski definition) is 0. The maximum absolute atomic E-state index is 12.3. The van der Waals surface area contributed by atoms with Gasteiger partial charge in [0, 0.05) is 25.1 Å². The number of rotatable bonds is 4. The molecule has 2 fully saturated rings. The van der Waals surface area contributed by atoms with Crippen LogP contribution in [0.25, 0.3) is 0 Å². The Bertz CT molecular complexity index is 673. The summed E-state index contributed by atoms with van der Waals surface area (Å²) in [6.07, 6.45) is 5.14. The first-order chi connectivity index (χ1) is 12.1. The molecule has 1 saturated heterocycles. The van der Waals surface area contributed by atoms with E-state index in [0.717, 1.165) is 19.3 Å². The minimum Gasteiger partial charge on any atom is -0.497 e. The van der Waals surface area contributed by atoms with Gasteiger partial charge in [-0.25, -0.2) is 0 Å². The molecule has 7 nitrogen and oxygen atoms in total. The van der Waals surface area contributed by atoms with Crippen molar-refractivity contribution in [1.82, 2.24) is 0 Å². The molecule has 1 saturated carbocycles. The van der Waals surface area contributed by atoms with Gasteiger partial charge in [-0.05, 0) is 25.0 Å². The van der Waals surface area contributed by atoms with Crippen LogP contribution in [0.1, 0.15) is 32.1 Å². The molecule has 0 radical (unpaired) electrons. The van der Waals surface area contributed by atoms with Crippen molar-refractivity contribution in [1.29, 1.82) is 0 Å². The van der Waals surface area contributed by atoms with Crippen LogP contribution in [0.5, 0.6) is 11.5 Å². The van der Waals surface area contributed by atoms with Crippen molar-refractivity contribution >= 4 is 23.8 Å². The molecule has 0 bridgehead atoms. The highest BCUT2D eigenvalue weighted by Gasteiger charge is 2.48. The van der Waals surface area contributed by atoms with Crippen LogP contribution >= 0.6 is 0 Å². The van der Waals surface area contributed by atoms with Crippen molar-refractivity contribution in [3.05, 3.63) is 18.2 Å². The van der Waals surface area contributed by atoms with Crippen LogP contribution in [0.3, 0.4) is 0 Å². The van der Waals surface area contributed by atoms with Crippen LogP contribution in [0, 0.1) is 5.92 Å². The van der Waals surface area contributed by atoms with Crippen LogP contribution < -0.4 is 9.47 Å². The highest BCUT2D eigenvalue weighted by atomic mass is 16.7. The summed E-state index contributed by atoms with van der Waals surface area (Å²) in [5.74, 6) is -2.41. The molecule has 1 spiro atoms. The molecular formula is C18H21NO6. The molecule has 1 aromatic rings. The van der Waals surface area contributed by atoms with Gasteiger partial charge in [0.2, 0.25) is 0 Å². The van der Waals surface area contributed by atoms with Gasteiger partial charge in [0.05, 0.1) is 14.2 Å². The molecule has 0 amide bonds. The number of carbonyl (C=O) groups excluding carboxylic acids is 2. The van der Waals surface area contributed by atoms with Crippen LogP contribution in [0.4, 0.5) is 5.69 Å². The third-order valence-electron chi connectivity index (χ3n) is 4.45. The van der Waals surface area contributed by atoms with Crippen molar-refractivity contribution in [3.8, 4) is 11.5 Å². The van der Waals surface area contributed by atoms with E-state index in [1.807, 2.05) is 0 Å². The van der Waals surface area contributed by atoms with Crippen molar-refractivity contribution < 1.29 is 28.5 Å². The van der Waals surface area contributed by atoms with Gasteiger partial charge in [0.15, 0.2) is 5.92 Å². The van der Waals surface area contributed by atoms with Gasteiger partial charge >= 0.3 is 11.9 Å². The normalized spacial score (nSPS) is 20.4. The zero-order valence-corrected chi connectivity index (χ0v) is 14.3. The first-order valence-corrected chi connectivity index (χ1v) is 8.29. The lowest BCUT2D eigenvalue weighted by Crippen LogP contribution is -2.51. The number of methoxy groups -OCH3 is 2. The van der Waals surface area contributed by atoms with Gasteiger partial charge in [-0.15, -0.1) is 0 Å². The van der Waals surface area contributed by atoms with Crippen molar-refractivity contribution in [3.63, 3.8) is 0 Å². The summed E-state index contributed by atoms with van der Waals surface area (Å²) in [6.45, 7) is 0. The van der Waals surface area contributed by atoms with Crippen molar-refractivity contribution in [2.24, 2.45) is 10.9 Å². The third kappa shape index (κ3) is 3.60. The Kier molecular flexibility index (Phi) is 4.92. The van der Waals surface area contributed by atoms with Crippen LogP contribution in [-0.2, 0) is 19.1 Å². The van der Waals surface area contributed by atoms with E-state index in [4.69, 9.17) is 18.9 Å². The monoisotopic (exact) mass is 347 g/mol. The smallest absolute Gasteiger partial charge is 0.329 e. The molecule has 0 atom stereocenters. The molecule has 134 valence electrons. The molecule has 1 aromatic carbocycles. The second kappa shape index (κ2) is 7.13. The van der Waals surface area contributed by atoms with Crippen molar-refractivity contribution in [2.75, 3.05) is 14.2 Å². The highest BCUT2D eigenvalue weighted by Crippen LogP contribution is 2.37. The lowest BCUT2D eigenvalue weighted by atomic mass is 9.92. The molecule has 25 heavy (non-hydrogen) atoms. The summed E-state index contributed by atoms with van der Waals surface area (Å²) in [5.41, 5.74) is 0.445. The molecule has 2 aliphatic rings. The highest BCUT2D eigenvalue weighted by molar-refractivity contribution is 6.10. The summed E-state index contributed by atoms with van der Waals surface area (Å²) in [5, 5.41) is 0. The Morgan fingerprint density at radius 1 is 1.08 bits per heavy atom. The van der Waals surface area contributed by atoms with Crippen molar-refractivity contribution in [2.45, 2.75) is 37.9 Å². The first-order valence-electron chi connectivity index (χ1n) is 8.29. The maximum atomic E-state index is 12.3. The zero-order chi connectivity index (χ0) is 17.9. The average Bonchev–Trinajstić information content (AvgIpc) is 2.61. The molecule has 3 rings (SSSR count). The van der Waals surface area contributed by atoms with Gasteiger partial charge < -0.3 is 18.9 Å². The van der Waals surface area contributed by atoms with E-state index in [-0.39, 0.29) is 0 Å². The fourth-order valence-electron chi connectivity index (χ4n) is 3.08. The number of ether oxygens (including phenoxy) is 4. The van der Waals surface area contributed by atoms with Gasteiger partial charge in [-0.3, -0.25) is 14.6 Å². The molecule has 0 unspecified atom stereocenters. The Morgan fingerprint density at radius 3 is 2.36 bits per heavy atom. The van der Waals surface area contributed by atoms with Crippen LogP contribution in [0.2, 0.25) is 0 Å². The quantitative estimate of drug-likeness (QED) is 0.473. The van der Waals surface area contributed by atoms with E-state index in [1.165, 1.54) is 20.4 Å². The molecule has 1 aliphatic carbocycles. The lowest BCUT2D eigenvalue weighted by molar-refractivity contribution is -0.256. The molecule has 1 aliphatic heterocycles. The van der Waals surface area contributed by atoms with E-state index in [9.17, 15) is 9.59 Å². The minimum atomic E-state index is -1.18. The minimum absolute atomic E-state index is 0.445. The first kappa shape index (κ1) is 17.3. The fraction of sp³-hybridized carbons (Fsp3) is 0.500. The van der Waals surface area contributed by atoms with Gasteiger partial charge in [-0.1, -0.05) is 6.42 Å². The summed E-state index contributed by atoms with van der Waals surface area (Å²) in [6, 6.07) is 5.07. The number of esters is 2. The zero-order valence-electron chi connectivity index (χ0n) is 14.3. The molecular weight excluding hydrogens is 326 g/mol. The molecule has 0 aromatic heterocycles. The number of benzene rings is 1. The SMILES string of the molecule is COc1ccc(OC)c(N=CC2C(=O)OC3(CCCCC3)OC2=O)c1. The lowest BCUT2D eigenvalue weighted by Gasteiger charge is -2.39. The Balaban J connectivity index is 1.78. The summed E-state index contributed by atoms with van der Waals surface area (Å²) >= 11 is 0. The second-order valence-electron chi connectivity index (χ2n) is 6.11. The topological polar surface area (TPSA) is 83.4 Å².